The van der Waals surface area contributed by atoms with E-state index in [0.717, 1.165) is 37.8 Å². The topological polar surface area (TPSA) is 74.2 Å². The molecule has 0 saturated carbocycles. The maximum absolute atomic E-state index is 13.2. The second-order valence-electron chi connectivity index (χ2n) is 6.40. The van der Waals surface area contributed by atoms with Crippen LogP contribution < -0.4 is 15.1 Å². The number of aromatic nitrogens is 3. The molecular weight excluding hydrogens is 359 g/mol. The molecule has 142 valence electrons. The van der Waals surface area contributed by atoms with Crippen molar-refractivity contribution in [3.63, 3.8) is 0 Å². The highest BCUT2D eigenvalue weighted by Gasteiger charge is 2.19. The second kappa shape index (κ2) is 7.99. The normalized spacial score (nSPS) is 14.0. The fourth-order valence-corrected chi connectivity index (χ4v) is 3.08. The molecule has 0 spiro atoms. The van der Waals surface area contributed by atoms with Crippen molar-refractivity contribution in [1.82, 2.24) is 15.2 Å². The predicted molar refractivity (Wildman–Crippen MR) is 105 cm³/mol. The minimum atomic E-state index is -0.426. The van der Waals surface area contributed by atoms with Gasteiger partial charge < -0.3 is 15.1 Å². The Morgan fingerprint density at radius 3 is 2.32 bits per heavy atom. The van der Waals surface area contributed by atoms with Crippen molar-refractivity contribution in [2.45, 2.75) is 0 Å². The van der Waals surface area contributed by atoms with Gasteiger partial charge >= 0.3 is 0 Å². The van der Waals surface area contributed by atoms with Gasteiger partial charge in [0.15, 0.2) is 11.5 Å². The Hall–Kier alpha value is -3.55. The van der Waals surface area contributed by atoms with Gasteiger partial charge in [-0.2, -0.15) is 0 Å². The molecule has 28 heavy (non-hydrogen) atoms. The Labute approximate surface area is 161 Å². The van der Waals surface area contributed by atoms with E-state index in [1.165, 1.54) is 18.2 Å². The highest BCUT2D eigenvalue weighted by Crippen LogP contribution is 2.17. The quantitative estimate of drug-likeness (QED) is 0.752. The third kappa shape index (κ3) is 4.06. The molecule has 4 rings (SSSR count). The van der Waals surface area contributed by atoms with Gasteiger partial charge in [0, 0.05) is 38.1 Å². The third-order valence-corrected chi connectivity index (χ3v) is 4.54. The van der Waals surface area contributed by atoms with Crippen molar-refractivity contribution in [1.29, 1.82) is 0 Å². The zero-order valence-corrected chi connectivity index (χ0v) is 15.1. The van der Waals surface area contributed by atoms with Crippen LogP contribution in [0.2, 0.25) is 0 Å². The molecule has 0 bridgehead atoms. The zero-order chi connectivity index (χ0) is 19.3. The largest absolute Gasteiger partial charge is 0.353 e. The number of hydrogen-bond acceptors (Lipinski definition) is 6. The van der Waals surface area contributed by atoms with E-state index < -0.39 is 11.7 Å². The Morgan fingerprint density at radius 2 is 1.68 bits per heavy atom. The molecule has 7 nitrogen and oxygen atoms in total. The van der Waals surface area contributed by atoms with E-state index in [0.29, 0.717) is 5.69 Å². The highest BCUT2D eigenvalue weighted by molar-refractivity contribution is 6.02. The molecule has 1 amide bonds. The number of carbonyl (C=O) groups excluding carboxylic acids is 1. The smallest absolute Gasteiger partial charge is 0.276 e. The molecule has 1 aliphatic rings. The number of halogens is 1. The van der Waals surface area contributed by atoms with Crippen LogP contribution in [0.1, 0.15) is 10.5 Å². The van der Waals surface area contributed by atoms with Crippen LogP contribution in [0, 0.1) is 5.82 Å². The van der Waals surface area contributed by atoms with Crippen molar-refractivity contribution >= 4 is 23.2 Å². The molecule has 3 aromatic rings. The van der Waals surface area contributed by atoms with E-state index in [9.17, 15) is 9.18 Å². The van der Waals surface area contributed by atoms with Crippen LogP contribution in [0.25, 0.3) is 0 Å². The first-order valence-electron chi connectivity index (χ1n) is 9.00. The molecule has 0 unspecified atom stereocenters. The van der Waals surface area contributed by atoms with Gasteiger partial charge in [0.05, 0.1) is 0 Å². The molecule has 0 atom stereocenters. The summed E-state index contributed by atoms with van der Waals surface area (Å²) in [5.74, 6) is 0.856. The summed E-state index contributed by atoms with van der Waals surface area (Å²) < 4.78 is 13.2. The van der Waals surface area contributed by atoms with E-state index in [2.05, 4.69) is 30.3 Å². The van der Waals surface area contributed by atoms with E-state index in [-0.39, 0.29) is 5.69 Å². The maximum Gasteiger partial charge on any atom is 0.276 e. The number of rotatable bonds is 4. The first-order valence-corrected chi connectivity index (χ1v) is 9.00. The number of piperazine rings is 1. The van der Waals surface area contributed by atoms with Gasteiger partial charge in [0.25, 0.3) is 5.91 Å². The maximum atomic E-state index is 13.2. The van der Waals surface area contributed by atoms with Gasteiger partial charge in [0.1, 0.15) is 11.6 Å². The molecular formula is C20H19FN6O. The summed E-state index contributed by atoms with van der Waals surface area (Å²) >= 11 is 0. The monoisotopic (exact) mass is 378 g/mol. The minimum Gasteiger partial charge on any atom is -0.353 e. The van der Waals surface area contributed by atoms with Gasteiger partial charge in [-0.15, -0.1) is 10.2 Å². The first kappa shape index (κ1) is 17.8. The van der Waals surface area contributed by atoms with Crippen LogP contribution in [0.4, 0.5) is 21.7 Å². The average Bonchev–Trinajstić information content (AvgIpc) is 2.75. The standard InChI is InChI=1S/C20H19FN6O/c21-15-4-3-5-16(14-15)23-20(28)17-7-8-19(25-24-17)27-12-10-26(11-13-27)18-6-1-2-9-22-18/h1-9,14H,10-13H2,(H,23,28). The van der Waals surface area contributed by atoms with Gasteiger partial charge in [-0.3, -0.25) is 4.79 Å². The summed E-state index contributed by atoms with van der Waals surface area (Å²) in [7, 11) is 0. The number of nitrogens with zero attached hydrogens (tertiary/aromatic N) is 5. The van der Waals surface area contributed by atoms with Gasteiger partial charge in [-0.25, -0.2) is 9.37 Å². The number of carbonyl (C=O) groups is 1. The predicted octanol–water partition coefficient (Wildman–Crippen LogP) is 2.59. The Bertz CT molecular complexity index is 942. The molecule has 2 aromatic heterocycles. The van der Waals surface area contributed by atoms with E-state index in [4.69, 9.17) is 0 Å². The summed E-state index contributed by atoms with van der Waals surface area (Å²) in [5.41, 5.74) is 0.557. The summed E-state index contributed by atoms with van der Waals surface area (Å²) in [6, 6.07) is 15.0. The summed E-state index contributed by atoms with van der Waals surface area (Å²) in [6.45, 7) is 3.25. The van der Waals surface area contributed by atoms with Crippen molar-refractivity contribution in [3.8, 4) is 0 Å². The lowest BCUT2D eigenvalue weighted by atomic mass is 10.2. The van der Waals surface area contributed by atoms with Crippen LogP contribution in [0.15, 0.2) is 60.8 Å². The fraction of sp³-hybridized carbons (Fsp3) is 0.200. The number of anilines is 3. The molecule has 8 heteroatoms. The number of amides is 1. The Balaban J connectivity index is 1.36. The van der Waals surface area contributed by atoms with Crippen LogP contribution in [0.5, 0.6) is 0 Å². The molecule has 1 fully saturated rings. The van der Waals surface area contributed by atoms with Crippen LogP contribution >= 0.6 is 0 Å². The first-order chi connectivity index (χ1) is 13.7. The van der Waals surface area contributed by atoms with E-state index >= 15 is 0 Å². The van der Waals surface area contributed by atoms with E-state index in [1.54, 1.807) is 24.4 Å². The molecule has 1 aromatic carbocycles. The fourth-order valence-electron chi connectivity index (χ4n) is 3.08. The molecule has 0 aliphatic carbocycles. The SMILES string of the molecule is O=C(Nc1cccc(F)c1)c1ccc(N2CCN(c3ccccn3)CC2)nn1. The van der Waals surface area contributed by atoms with Crippen molar-refractivity contribution < 1.29 is 9.18 Å². The summed E-state index contributed by atoms with van der Waals surface area (Å²) in [4.78, 5) is 21.0. The second-order valence-corrected chi connectivity index (χ2v) is 6.40. The average molecular weight is 378 g/mol. The summed E-state index contributed by atoms with van der Waals surface area (Å²) in [5, 5.41) is 10.8. The van der Waals surface area contributed by atoms with E-state index in [1.807, 2.05) is 18.2 Å². The molecule has 1 N–H and O–H groups in total. The van der Waals surface area contributed by atoms with Crippen LogP contribution in [0.3, 0.4) is 0 Å². The van der Waals surface area contributed by atoms with Crippen molar-refractivity contribution in [2.24, 2.45) is 0 Å². The van der Waals surface area contributed by atoms with Crippen LogP contribution in [-0.4, -0.2) is 47.3 Å². The minimum absolute atomic E-state index is 0.181. The van der Waals surface area contributed by atoms with Crippen molar-refractivity contribution in [2.75, 3.05) is 41.3 Å². The molecule has 1 saturated heterocycles. The number of pyridine rings is 1. The Kier molecular flexibility index (Phi) is 5.09. The zero-order valence-electron chi connectivity index (χ0n) is 15.1. The van der Waals surface area contributed by atoms with Crippen LogP contribution in [-0.2, 0) is 0 Å². The third-order valence-electron chi connectivity index (χ3n) is 4.54. The highest BCUT2D eigenvalue weighted by atomic mass is 19.1. The number of nitrogens with one attached hydrogen (secondary N) is 1. The number of hydrogen-bond donors (Lipinski definition) is 1. The van der Waals surface area contributed by atoms with Gasteiger partial charge in [-0.05, 0) is 42.5 Å². The molecule has 1 aliphatic heterocycles. The molecule has 3 heterocycles. The lowest BCUT2D eigenvalue weighted by Gasteiger charge is -2.35. The number of benzene rings is 1. The van der Waals surface area contributed by atoms with Crippen molar-refractivity contribution in [3.05, 3.63) is 72.3 Å². The lowest BCUT2D eigenvalue weighted by molar-refractivity contribution is 0.102. The van der Waals surface area contributed by atoms with Gasteiger partial charge in [0.2, 0.25) is 0 Å². The van der Waals surface area contributed by atoms with Gasteiger partial charge in [-0.1, -0.05) is 12.1 Å². The summed E-state index contributed by atoms with van der Waals surface area (Å²) in [6.07, 6.45) is 1.79. The lowest BCUT2D eigenvalue weighted by Crippen LogP contribution is -2.47. The Morgan fingerprint density at radius 1 is 0.893 bits per heavy atom. The molecule has 0 radical (unpaired) electrons.